The van der Waals surface area contributed by atoms with Gasteiger partial charge in [-0.2, -0.15) is 0 Å². The van der Waals surface area contributed by atoms with Crippen LogP contribution in [0.1, 0.15) is 38.7 Å². The van der Waals surface area contributed by atoms with E-state index in [9.17, 15) is 4.79 Å². The highest BCUT2D eigenvalue weighted by Crippen LogP contribution is 2.13. The molecule has 0 spiro atoms. The Bertz CT molecular complexity index is 373. The number of benzene rings is 1. The Hall–Kier alpha value is -1.51. The highest BCUT2D eigenvalue weighted by atomic mass is 16.5. The summed E-state index contributed by atoms with van der Waals surface area (Å²) in [5.74, 6) is 1.11. The first kappa shape index (κ1) is 15.5. The SMILES string of the molecule is CCCCN(CC)C(=O)CCc1ccc(OC)cc1. The van der Waals surface area contributed by atoms with Crippen LogP contribution in [0.2, 0.25) is 0 Å². The molecule has 19 heavy (non-hydrogen) atoms. The topological polar surface area (TPSA) is 29.5 Å². The zero-order chi connectivity index (χ0) is 14.1. The maximum atomic E-state index is 12.1. The minimum atomic E-state index is 0.256. The molecule has 0 aliphatic rings. The van der Waals surface area contributed by atoms with Crippen LogP contribution in [0.5, 0.6) is 5.75 Å². The number of unbranched alkanes of at least 4 members (excludes halogenated alkanes) is 1. The maximum Gasteiger partial charge on any atom is 0.222 e. The number of carbonyl (C=O) groups excluding carboxylic acids is 1. The van der Waals surface area contributed by atoms with Crippen molar-refractivity contribution in [1.82, 2.24) is 4.90 Å². The minimum Gasteiger partial charge on any atom is -0.497 e. The van der Waals surface area contributed by atoms with Gasteiger partial charge in [0.25, 0.3) is 0 Å². The first-order valence-corrected chi connectivity index (χ1v) is 7.12. The molecule has 1 aromatic carbocycles. The van der Waals surface area contributed by atoms with Gasteiger partial charge in [0.15, 0.2) is 0 Å². The third kappa shape index (κ3) is 5.33. The van der Waals surface area contributed by atoms with Crippen molar-refractivity contribution in [3.63, 3.8) is 0 Å². The van der Waals surface area contributed by atoms with Crippen molar-refractivity contribution in [3.8, 4) is 5.75 Å². The molecule has 0 saturated heterocycles. The molecule has 0 bridgehead atoms. The molecule has 0 aromatic heterocycles. The fourth-order valence-corrected chi connectivity index (χ4v) is 2.01. The third-order valence-corrected chi connectivity index (χ3v) is 3.30. The van der Waals surface area contributed by atoms with Crippen LogP contribution in [-0.4, -0.2) is 31.0 Å². The quantitative estimate of drug-likeness (QED) is 0.720. The second-order valence-electron chi connectivity index (χ2n) is 4.68. The standard InChI is InChI=1S/C16H25NO2/c1-4-6-13-17(5-2)16(18)12-9-14-7-10-15(19-3)11-8-14/h7-8,10-11H,4-6,9,12-13H2,1-3H3. The van der Waals surface area contributed by atoms with Crippen LogP contribution in [0, 0.1) is 0 Å². The Morgan fingerprint density at radius 1 is 1.21 bits per heavy atom. The van der Waals surface area contributed by atoms with Crippen molar-refractivity contribution < 1.29 is 9.53 Å². The molecule has 106 valence electrons. The number of nitrogens with zero attached hydrogens (tertiary/aromatic N) is 1. The smallest absolute Gasteiger partial charge is 0.222 e. The summed E-state index contributed by atoms with van der Waals surface area (Å²) in [6.45, 7) is 5.88. The van der Waals surface area contributed by atoms with E-state index in [1.54, 1.807) is 7.11 Å². The van der Waals surface area contributed by atoms with Crippen LogP contribution >= 0.6 is 0 Å². The van der Waals surface area contributed by atoms with Gasteiger partial charge in [-0.15, -0.1) is 0 Å². The Labute approximate surface area is 116 Å². The second kappa shape index (κ2) is 8.57. The van der Waals surface area contributed by atoms with Gasteiger partial charge in [-0.25, -0.2) is 0 Å². The lowest BCUT2D eigenvalue weighted by molar-refractivity contribution is -0.131. The monoisotopic (exact) mass is 263 g/mol. The van der Waals surface area contributed by atoms with Gasteiger partial charge in [0.2, 0.25) is 5.91 Å². The van der Waals surface area contributed by atoms with Crippen LogP contribution in [0.15, 0.2) is 24.3 Å². The summed E-state index contributed by atoms with van der Waals surface area (Å²) in [4.78, 5) is 14.0. The second-order valence-corrected chi connectivity index (χ2v) is 4.68. The summed E-state index contributed by atoms with van der Waals surface area (Å²) >= 11 is 0. The van der Waals surface area contributed by atoms with Gasteiger partial charge in [-0.05, 0) is 37.5 Å². The van der Waals surface area contributed by atoms with Crippen LogP contribution < -0.4 is 4.74 Å². The summed E-state index contributed by atoms with van der Waals surface area (Å²) in [5.41, 5.74) is 1.18. The first-order chi connectivity index (χ1) is 9.21. The molecular weight excluding hydrogens is 238 g/mol. The molecule has 0 unspecified atom stereocenters. The molecule has 0 radical (unpaired) electrons. The Morgan fingerprint density at radius 2 is 1.89 bits per heavy atom. The van der Waals surface area contributed by atoms with Crippen molar-refractivity contribution >= 4 is 5.91 Å². The lowest BCUT2D eigenvalue weighted by atomic mass is 10.1. The number of ether oxygens (including phenoxy) is 1. The molecule has 3 heteroatoms. The average Bonchev–Trinajstić information content (AvgIpc) is 2.46. The molecule has 0 aliphatic heterocycles. The lowest BCUT2D eigenvalue weighted by Crippen LogP contribution is -2.31. The van der Waals surface area contributed by atoms with Crippen molar-refractivity contribution in [2.24, 2.45) is 0 Å². The van der Waals surface area contributed by atoms with E-state index in [4.69, 9.17) is 4.74 Å². The lowest BCUT2D eigenvalue weighted by Gasteiger charge is -2.20. The largest absolute Gasteiger partial charge is 0.497 e. The van der Waals surface area contributed by atoms with Crippen LogP contribution in [-0.2, 0) is 11.2 Å². The Kier molecular flexibility index (Phi) is 7.01. The van der Waals surface area contributed by atoms with E-state index in [1.807, 2.05) is 36.1 Å². The number of carbonyl (C=O) groups is 1. The normalized spacial score (nSPS) is 10.3. The zero-order valence-corrected chi connectivity index (χ0v) is 12.3. The molecule has 1 rings (SSSR count). The van der Waals surface area contributed by atoms with E-state index in [1.165, 1.54) is 5.56 Å². The zero-order valence-electron chi connectivity index (χ0n) is 12.3. The summed E-state index contributed by atoms with van der Waals surface area (Å²) in [6, 6.07) is 7.92. The van der Waals surface area contributed by atoms with Crippen LogP contribution in [0.4, 0.5) is 0 Å². The minimum absolute atomic E-state index is 0.256. The number of amides is 1. The third-order valence-electron chi connectivity index (χ3n) is 3.30. The van der Waals surface area contributed by atoms with Crippen molar-refractivity contribution in [2.45, 2.75) is 39.5 Å². The van der Waals surface area contributed by atoms with Gasteiger partial charge in [-0.3, -0.25) is 4.79 Å². The van der Waals surface area contributed by atoms with E-state index in [2.05, 4.69) is 6.92 Å². The summed E-state index contributed by atoms with van der Waals surface area (Å²) in [7, 11) is 1.66. The fourth-order valence-electron chi connectivity index (χ4n) is 2.01. The van der Waals surface area contributed by atoms with Gasteiger partial charge < -0.3 is 9.64 Å². The molecule has 0 aliphatic carbocycles. The van der Waals surface area contributed by atoms with Gasteiger partial charge >= 0.3 is 0 Å². The number of aryl methyl sites for hydroxylation is 1. The van der Waals surface area contributed by atoms with Crippen molar-refractivity contribution in [1.29, 1.82) is 0 Å². The van der Waals surface area contributed by atoms with Gasteiger partial charge in [0.1, 0.15) is 5.75 Å². The van der Waals surface area contributed by atoms with Crippen molar-refractivity contribution in [2.75, 3.05) is 20.2 Å². The summed E-state index contributed by atoms with van der Waals surface area (Å²) in [6.07, 6.45) is 3.60. The molecule has 3 nitrogen and oxygen atoms in total. The Morgan fingerprint density at radius 3 is 2.42 bits per heavy atom. The number of hydrogen-bond acceptors (Lipinski definition) is 2. The molecule has 0 N–H and O–H groups in total. The summed E-state index contributed by atoms with van der Waals surface area (Å²) in [5, 5.41) is 0. The van der Waals surface area contributed by atoms with Crippen molar-refractivity contribution in [3.05, 3.63) is 29.8 Å². The van der Waals surface area contributed by atoms with Gasteiger partial charge in [0.05, 0.1) is 7.11 Å². The molecule has 1 aromatic rings. The van der Waals surface area contributed by atoms with E-state index in [0.29, 0.717) is 6.42 Å². The fraction of sp³-hybridized carbons (Fsp3) is 0.562. The van der Waals surface area contributed by atoms with E-state index in [-0.39, 0.29) is 5.91 Å². The molecule has 0 fully saturated rings. The predicted octanol–water partition coefficient (Wildman–Crippen LogP) is 3.28. The molecule has 0 saturated carbocycles. The first-order valence-electron chi connectivity index (χ1n) is 7.12. The van der Waals surface area contributed by atoms with Gasteiger partial charge in [-0.1, -0.05) is 25.5 Å². The van der Waals surface area contributed by atoms with Crippen LogP contribution in [0.3, 0.4) is 0 Å². The molecule has 0 heterocycles. The average molecular weight is 263 g/mol. The summed E-state index contributed by atoms with van der Waals surface area (Å²) < 4.78 is 5.12. The number of hydrogen-bond donors (Lipinski definition) is 0. The van der Waals surface area contributed by atoms with E-state index < -0.39 is 0 Å². The number of methoxy groups -OCH3 is 1. The van der Waals surface area contributed by atoms with E-state index in [0.717, 1.165) is 38.1 Å². The van der Waals surface area contributed by atoms with Gasteiger partial charge in [0, 0.05) is 19.5 Å². The predicted molar refractivity (Wildman–Crippen MR) is 78.5 cm³/mol. The highest BCUT2D eigenvalue weighted by Gasteiger charge is 2.10. The van der Waals surface area contributed by atoms with Crippen LogP contribution in [0.25, 0.3) is 0 Å². The molecule has 0 atom stereocenters. The highest BCUT2D eigenvalue weighted by molar-refractivity contribution is 5.76. The van der Waals surface area contributed by atoms with E-state index >= 15 is 0 Å². The molecule has 1 amide bonds. The maximum absolute atomic E-state index is 12.1. The molecular formula is C16H25NO2. The number of rotatable bonds is 8. The Balaban J connectivity index is 2.43.